The van der Waals surface area contributed by atoms with Gasteiger partial charge in [-0.2, -0.15) is 9.97 Å². The molecule has 42 heavy (non-hydrogen) atoms. The van der Waals surface area contributed by atoms with E-state index in [4.69, 9.17) is 27.0 Å². The van der Waals surface area contributed by atoms with Crippen molar-refractivity contribution < 1.29 is 24.2 Å². The third-order valence-electron chi connectivity index (χ3n) is 6.28. The van der Waals surface area contributed by atoms with Crippen LogP contribution in [0, 0.1) is 0 Å². The number of carbonyl (C=O) groups is 3. The molecule has 2 aromatic heterocycles. The number of fused-ring (bicyclic) bond motifs is 1. The summed E-state index contributed by atoms with van der Waals surface area (Å²) < 4.78 is 5.41. The van der Waals surface area contributed by atoms with Gasteiger partial charge in [0.25, 0.3) is 5.91 Å². The van der Waals surface area contributed by atoms with Crippen molar-refractivity contribution in [3.63, 3.8) is 0 Å². The number of nitrogens with one attached hydrogen (secondary N) is 1. The number of carboxylic acids is 1. The molecule has 14 nitrogen and oxygen atoms in total. The van der Waals surface area contributed by atoms with Crippen molar-refractivity contribution in [1.82, 2.24) is 25.3 Å². The number of nitrogen functional groups attached to an aromatic ring is 2. The summed E-state index contributed by atoms with van der Waals surface area (Å²) in [5, 5.41) is 11.7. The van der Waals surface area contributed by atoms with Gasteiger partial charge < -0.3 is 37.3 Å². The van der Waals surface area contributed by atoms with Gasteiger partial charge in [0, 0.05) is 24.7 Å². The lowest BCUT2D eigenvalue weighted by molar-refractivity contribution is -0.138. The first-order valence-corrected chi connectivity index (χ1v) is 13.0. The molecule has 1 atom stereocenters. The number of amides is 1. The molecule has 0 aliphatic heterocycles. The minimum Gasteiger partial charge on any atom is -0.481 e. The van der Waals surface area contributed by atoms with Crippen molar-refractivity contribution in [2.75, 3.05) is 30.0 Å². The second-order valence-corrected chi connectivity index (χ2v) is 9.47. The lowest BCUT2D eigenvalue weighted by Gasteiger charge is -2.20. The Balaban J connectivity index is 1.41. The number of esters is 1. The fraction of sp³-hybridized carbons (Fsp3) is 0.250. The van der Waals surface area contributed by atoms with E-state index >= 15 is 0 Å². The molecular weight excluding hydrogens is 542 g/mol. The molecule has 2 heterocycles. The van der Waals surface area contributed by atoms with E-state index in [1.54, 1.807) is 54.7 Å². The Morgan fingerprint density at radius 1 is 1.02 bits per heavy atom. The summed E-state index contributed by atoms with van der Waals surface area (Å²) in [6.07, 6.45) is 1.78. The zero-order valence-corrected chi connectivity index (χ0v) is 22.9. The first-order valence-electron chi connectivity index (χ1n) is 13.0. The number of ether oxygens (including phenoxy) is 1. The van der Waals surface area contributed by atoms with Crippen molar-refractivity contribution in [3.05, 3.63) is 71.5 Å². The van der Waals surface area contributed by atoms with Gasteiger partial charge in [-0.25, -0.2) is 14.8 Å². The van der Waals surface area contributed by atoms with Gasteiger partial charge in [-0.15, -0.1) is 0 Å². The highest BCUT2D eigenvalue weighted by molar-refractivity contribution is 5.97. The number of aliphatic carboxylic acids is 1. The zero-order valence-electron chi connectivity index (χ0n) is 22.9. The van der Waals surface area contributed by atoms with E-state index in [9.17, 15) is 14.4 Å². The summed E-state index contributed by atoms with van der Waals surface area (Å²) in [6, 6.07) is 12.3. The van der Waals surface area contributed by atoms with Gasteiger partial charge in [0.15, 0.2) is 17.0 Å². The molecule has 0 radical (unpaired) electrons. The molecule has 218 valence electrons. The highest BCUT2D eigenvalue weighted by atomic mass is 16.5. The van der Waals surface area contributed by atoms with Crippen LogP contribution in [0.25, 0.3) is 11.2 Å². The molecule has 0 aliphatic rings. The SMILES string of the molecule is CN(Cc1cnc2nc(N)nc(N)c2n1)c1ccc(C(=O)NC(CCC(=O)O)C(=O)Oc2ccc(CCN)cc2)cc1. The van der Waals surface area contributed by atoms with Gasteiger partial charge in [0.05, 0.1) is 18.4 Å². The molecule has 0 aliphatic carbocycles. The smallest absolute Gasteiger partial charge is 0.334 e. The third-order valence-corrected chi connectivity index (χ3v) is 6.28. The van der Waals surface area contributed by atoms with Crippen LogP contribution in [0.2, 0.25) is 0 Å². The van der Waals surface area contributed by atoms with Crippen LogP contribution in [-0.4, -0.2) is 62.5 Å². The Hall–Kier alpha value is -5.37. The normalized spacial score (nSPS) is 11.6. The van der Waals surface area contributed by atoms with Gasteiger partial charge in [-0.3, -0.25) is 9.59 Å². The first kappa shape index (κ1) is 29.6. The fourth-order valence-corrected chi connectivity index (χ4v) is 4.10. The summed E-state index contributed by atoms with van der Waals surface area (Å²) in [5.41, 5.74) is 20.4. The van der Waals surface area contributed by atoms with Crippen molar-refractivity contribution in [3.8, 4) is 5.75 Å². The third kappa shape index (κ3) is 7.63. The number of aromatic nitrogens is 4. The molecule has 1 unspecified atom stereocenters. The molecule has 0 saturated heterocycles. The average Bonchev–Trinajstić information content (AvgIpc) is 2.96. The van der Waals surface area contributed by atoms with Crippen LogP contribution in [0.3, 0.4) is 0 Å². The summed E-state index contributed by atoms with van der Waals surface area (Å²) in [5.74, 6) is -1.99. The Kier molecular flexibility index (Phi) is 9.39. The second-order valence-electron chi connectivity index (χ2n) is 9.47. The number of hydrogen-bond donors (Lipinski definition) is 5. The van der Waals surface area contributed by atoms with Gasteiger partial charge >= 0.3 is 11.9 Å². The van der Waals surface area contributed by atoms with Crippen molar-refractivity contribution in [1.29, 1.82) is 0 Å². The van der Waals surface area contributed by atoms with Crippen LogP contribution >= 0.6 is 0 Å². The quantitative estimate of drug-likeness (QED) is 0.119. The number of hydrogen-bond acceptors (Lipinski definition) is 12. The van der Waals surface area contributed by atoms with E-state index in [1.807, 2.05) is 11.9 Å². The Labute approximate surface area is 240 Å². The van der Waals surface area contributed by atoms with Crippen molar-refractivity contribution in [2.24, 2.45) is 5.73 Å². The van der Waals surface area contributed by atoms with Gasteiger partial charge in [0.1, 0.15) is 11.8 Å². The van der Waals surface area contributed by atoms with Crippen LogP contribution in [0.5, 0.6) is 5.75 Å². The van der Waals surface area contributed by atoms with Crippen molar-refractivity contribution >= 4 is 46.5 Å². The van der Waals surface area contributed by atoms with E-state index in [0.29, 0.717) is 36.4 Å². The number of carboxylic acid groups (broad SMARTS) is 1. The molecule has 0 bridgehead atoms. The van der Waals surface area contributed by atoms with E-state index in [0.717, 1.165) is 11.3 Å². The monoisotopic (exact) mass is 573 g/mol. The van der Waals surface area contributed by atoms with Crippen LogP contribution in [0.4, 0.5) is 17.5 Å². The van der Waals surface area contributed by atoms with E-state index < -0.39 is 23.9 Å². The highest BCUT2D eigenvalue weighted by Gasteiger charge is 2.24. The molecule has 0 fully saturated rings. The van der Waals surface area contributed by atoms with E-state index in [1.165, 1.54) is 0 Å². The Morgan fingerprint density at radius 2 is 1.74 bits per heavy atom. The minimum absolute atomic E-state index is 0.0155. The number of anilines is 3. The molecule has 0 saturated carbocycles. The van der Waals surface area contributed by atoms with Crippen LogP contribution in [-0.2, 0) is 22.6 Å². The molecule has 8 N–H and O–H groups in total. The molecule has 14 heteroatoms. The lowest BCUT2D eigenvalue weighted by atomic mass is 10.1. The topological polar surface area (TPSA) is 226 Å². The van der Waals surface area contributed by atoms with Gasteiger partial charge in [0.2, 0.25) is 5.95 Å². The minimum atomic E-state index is -1.17. The second kappa shape index (κ2) is 13.3. The van der Waals surface area contributed by atoms with Gasteiger partial charge in [-0.05, 0) is 61.3 Å². The predicted molar refractivity (Wildman–Crippen MR) is 155 cm³/mol. The maximum Gasteiger partial charge on any atom is 0.334 e. The number of rotatable bonds is 12. The van der Waals surface area contributed by atoms with Gasteiger partial charge in [-0.1, -0.05) is 12.1 Å². The maximum atomic E-state index is 13.0. The summed E-state index contributed by atoms with van der Waals surface area (Å²) in [7, 11) is 1.84. The molecule has 4 rings (SSSR count). The zero-order chi connectivity index (χ0) is 30.2. The standard InChI is InChI=1S/C28H31N9O5/c1-37(15-18-14-32-25-23(33-18)24(30)35-28(31)36-25)19-6-4-17(5-7-19)26(40)34-21(10-11-22(38)39)27(41)42-20-8-2-16(3-9-20)12-13-29/h2-9,14,21H,10-13,15,29H2,1H3,(H,34,40)(H,38,39)(H4,30,31,32,35,36). The number of nitrogens with two attached hydrogens (primary N) is 3. The van der Waals surface area contributed by atoms with Crippen LogP contribution in [0.1, 0.15) is 34.5 Å². The Morgan fingerprint density at radius 3 is 2.40 bits per heavy atom. The largest absolute Gasteiger partial charge is 0.481 e. The molecule has 1 amide bonds. The van der Waals surface area contributed by atoms with Crippen LogP contribution < -0.4 is 32.2 Å². The summed E-state index contributed by atoms with van der Waals surface area (Å²) in [4.78, 5) is 55.6. The van der Waals surface area contributed by atoms with E-state index in [-0.39, 0.29) is 35.9 Å². The predicted octanol–water partition coefficient (Wildman–Crippen LogP) is 1.29. The van der Waals surface area contributed by atoms with E-state index in [2.05, 4.69) is 25.3 Å². The molecule has 4 aromatic rings. The lowest BCUT2D eigenvalue weighted by Crippen LogP contribution is -2.43. The molecule has 2 aromatic carbocycles. The highest BCUT2D eigenvalue weighted by Crippen LogP contribution is 2.19. The maximum absolute atomic E-state index is 13.0. The summed E-state index contributed by atoms with van der Waals surface area (Å²) in [6.45, 7) is 0.856. The van der Waals surface area contributed by atoms with Crippen molar-refractivity contribution in [2.45, 2.75) is 31.8 Å². The fourth-order valence-electron chi connectivity index (χ4n) is 4.10. The summed E-state index contributed by atoms with van der Waals surface area (Å²) >= 11 is 0. The molecule has 0 spiro atoms. The first-order chi connectivity index (χ1) is 20.1. The number of nitrogens with zero attached hydrogens (tertiary/aromatic N) is 5. The Bertz CT molecular complexity index is 1580. The average molecular weight is 574 g/mol. The van der Waals surface area contributed by atoms with Crippen LogP contribution in [0.15, 0.2) is 54.7 Å². The molecular formula is C28H31N9O5. The number of carbonyl (C=O) groups excluding carboxylic acids is 2. The number of benzene rings is 2.